The van der Waals surface area contributed by atoms with Crippen LogP contribution in [0.3, 0.4) is 0 Å². The highest BCUT2D eigenvalue weighted by atomic mass is 35.5. The lowest BCUT2D eigenvalue weighted by Gasteiger charge is -1.87. The zero-order valence-corrected chi connectivity index (χ0v) is 9.59. The van der Waals surface area contributed by atoms with E-state index in [1.165, 1.54) is 11.3 Å². The van der Waals surface area contributed by atoms with Crippen molar-refractivity contribution in [2.45, 2.75) is 12.8 Å². The minimum atomic E-state index is -0.884. The van der Waals surface area contributed by atoms with Crippen LogP contribution in [0, 0.1) is 0 Å². The smallest absolute Gasteiger partial charge is 0.303 e. The fraction of sp³-hybridized carbons (Fsp3) is 0.222. The van der Waals surface area contributed by atoms with Crippen LogP contribution in [0.4, 0.5) is 0 Å². The topological polar surface area (TPSA) is 76.2 Å². The van der Waals surface area contributed by atoms with Gasteiger partial charge in [0.25, 0.3) is 5.89 Å². The van der Waals surface area contributed by atoms with E-state index in [9.17, 15) is 4.79 Å². The van der Waals surface area contributed by atoms with Crippen LogP contribution in [0.5, 0.6) is 0 Å². The Kier molecular flexibility index (Phi) is 3.21. The normalized spacial score (nSPS) is 10.6. The van der Waals surface area contributed by atoms with E-state index in [4.69, 9.17) is 21.2 Å². The van der Waals surface area contributed by atoms with Crippen LogP contribution in [0.15, 0.2) is 16.7 Å². The second kappa shape index (κ2) is 4.63. The fourth-order valence-electron chi connectivity index (χ4n) is 1.10. The lowest BCUT2D eigenvalue weighted by molar-refractivity contribution is -0.137. The van der Waals surface area contributed by atoms with Gasteiger partial charge in [-0.05, 0) is 12.1 Å². The van der Waals surface area contributed by atoms with Crippen molar-refractivity contribution >= 4 is 28.9 Å². The molecule has 16 heavy (non-hydrogen) atoms. The zero-order chi connectivity index (χ0) is 11.5. The van der Waals surface area contributed by atoms with Crippen LogP contribution in [0.25, 0.3) is 10.8 Å². The molecule has 2 aromatic rings. The van der Waals surface area contributed by atoms with Crippen LogP contribution in [-0.2, 0) is 11.2 Å². The molecule has 0 amide bonds. The van der Waals surface area contributed by atoms with Gasteiger partial charge in [-0.15, -0.1) is 11.3 Å². The summed E-state index contributed by atoms with van der Waals surface area (Å²) in [6, 6.07) is 3.52. The Hall–Kier alpha value is -1.40. The molecule has 0 saturated heterocycles. The molecule has 0 radical (unpaired) electrons. The van der Waals surface area contributed by atoms with Gasteiger partial charge in [0.15, 0.2) is 5.82 Å². The van der Waals surface area contributed by atoms with Gasteiger partial charge in [0, 0.05) is 6.42 Å². The van der Waals surface area contributed by atoms with Crippen LogP contribution >= 0.6 is 22.9 Å². The number of carbonyl (C=O) groups is 1. The van der Waals surface area contributed by atoms with Gasteiger partial charge < -0.3 is 9.63 Å². The molecule has 0 atom stereocenters. The Morgan fingerprint density at radius 1 is 1.56 bits per heavy atom. The van der Waals surface area contributed by atoms with Crippen molar-refractivity contribution in [1.82, 2.24) is 10.1 Å². The first-order valence-electron chi connectivity index (χ1n) is 4.45. The van der Waals surface area contributed by atoms with Crippen molar-refractivity contribution in [1.29, 1.82) is 0 Å². The van der Waals surface area contributed by atoms with Gasteiger partial charge in [-0.2, -0.15) is 4.98 Å². The van der Waals surface area contributed by atoms with E-state index in [2.05, 4.69) is 10.1 Å². The molecule has 0 aliphatic rings. The maximum atomic E-state index is 10.4. The van der Waals surface area contributed by atoms with Crippen LogP contribution < -0.4 is 0 Å². The van der Waals surface area contributed by atoms with Gasteiger partial charge in [-0.3, -0.25) is 4.79 Å². The zero-order valence-electron chi connectivity index (χ0n) is 8.01. The van der Waals surface area contributed by atoms with Gasteiger partial charge in [0.2, 0.25) is 0 Å². The number of aryl methyl sites for hydroxylation is 1. The number of aromatic nitrogens is 2. The van der Waals surface area contributed by atoms with E-state index >= 15 is 0 Å². The molecule has 0 unspecified atom stereocenters. The molecule has 0 fully saturated rings. The largest absolute Gasteiger partial charge is 0.481 e. The van der Waals surface area contributed by atoms with E-state index in [0.717, 1.165) is 4.88 Å². The summed E-state index contributed by atoms with van der Waals surface area (Å²) in [6.45, 7) is 0. The summed E-state index contributed by atoms with van der Waals surface area (Å²) in [5, 5.41) is 12.2. The predicted octanol–water partition coefficient (Wildman–Crippen LogP) is 2.47. The van der Waals surface area contributed by atoms with Crippen molar-refractivity contribution in [3.8, 4) is 10.8 Å². The Labute approximate surface area is 99.7 Å². The third kappa shape index (κ3) is 2.59. The summed E-state index contributed by atoms with van der Waals surface area (Å²) in [5.74, 6) is -0.121. The Bertz CT molecular complexity index is 508. The van der Waals surface area contributed by atoms with Crippen molar-refractivity contribution in [2.75, 3.05) is 0 Å². The maximum absolute atomic E-state index is 10.4. The van der Waals surface area contributed by atoms with E-state index in [1.54, 1.807) is 12.1 Å². The van der Waals surface area contributed by atoms with Crippen LogP contribution in [-0.4, -0.2) is 21.2 Å². The highest BCUT2D eigenvalue weighted by Crippen LogP contribution is 2.29. The van der Waals surface area contributed by atoms with Crippen molar-refractivity contribution in [3.63, 3.8) is 0 Å². The molecule has 5 nitrogen and oxygen atoms in total. The lowest BCUT2D eigenvalue weighted by Crippen LogP contribution is -1.98. The van der Waals surface area contributed by atoms with E-state index in [0.29, 0.717) is 16.1 Å². The Morgan fingerprint density at radius 2 is 2.38 bits per heavy atom. The first-order valence-corrected chi connectivity index (χ1v) is 5.64. The summed E-state index contributed by atoms with van der Waals surface area (Å²) in [6.07, 6.45) is 0.252. The fourth-order valence-corrected chi connectivity index (χ4v) is 2.07. The number of aliphatic carboxylic acids is 1. The molecule has 2 rings (SSSR count). The molecule has 2 heterocycles. The highest BCUT2D eigenvalue weighted by Gasteiger charge is 2.11. The van der Waals surface area contributed by atoms with Crippen LogP contribution in [0.2, 0.25) is 4.34 Å². The number of hydrogen-bond acceptors (Lipinski definition) is 5. The first kappa shape index (κ1) is 11.1. The quantitative estimate of drug-likeness (QED) is 0.912. The minimum absolute atomic E-state index is 0.00975. The summed E-state index contributed by atoms with van der Waals surface area (Å²) in [4.78, 5) is 15.2. The first-order chi connectivity index (χ1) is 7.65. The predicted molar refractivity (Wildman–Crippen MR) is 58.6 cm³/mol. The third-order valence-electron chi connectivity index (χ3n) is 1.81. The monoisotopic (exact) mass is 258 g/mol. The number of hydrogen-bond donors (Lipinski definition) is 1. The summed E-state index contributed by atoms with van der Waals surface area (Å²) in [5.41, 5.74) is 0. The lowest BCUT2D eigenvalue weighted by atomic mass is 10.3. The standard InChI is InChI=1S/C9H7ClN2O3S/c10-6-2-1-5(16-6)9-11-7(12-15-9)3-4-8(13)14/h1-2H,3-4H2,(H,13,14). The van der Waals surface area contributed by atoms with E-state index in [-0.39, 0.29) is 12.8 Å². The van der Waals surface area contributed by atoms with Crippen molar-refractivity contribution in [3.05, 3.63) is 22.3 Å². The SMILES string of the molecule is O=C(O)CCc1noc(-c2ccc(Cl)s2)n1. The number of carboxylic acid groups (broad SMARTS) is 1. The number of halogens is 1. The number of rotatable bonds is 4. The molecule has 0 saturated carbocycles. The van der Waals surface area contributed by atoms with E-state index in [1.807, 2.05) is 0 Å². The van der Waals surface area contributed by atoms with Gasteiger partial charge >= 0.3 is 5.97 Å². The summed E-state index contributed by atoms with van der Waals surface area (Å²) < 4.78 is 5.63. The molecule has 0 aliphatic heterocycles. The Balaban J connectivity index is 2.10. The summed E-state index contributed by atoms with van der Waals surface area (Å²) in [7, 11) is 0. The van der Waals surface area contributed by atoms with Crippen molar-refractivity contribution in [2.24, 2.45) is 0 Å². The second-order valence-corrected chi connectivity index (χ2v) is 4.73. The molecule has 2 aromatic heterocycles. The highest BCUT2D eigenvalue weighted by molar-refractivity contribution is 7.19. The molecule has 1 N–H and O–H groups in total. The number of nitrogens with zero attached hydrogens (tertiary/aromatic N) is 2. The average Bonchev–Trinajstić information content (AvgIpc) is 2.83. The number of thiophene rings is 1. The number of carboxylic acids is 1. The Morgan fingerprint density at radius 3 is 3.00 bits per heavy atom. The molecule has 0 aliphatic carbocycles. The van der Waals surface area contributed by atoms with Gasteiger partial charge in [-0.1, -0.05) is 16.8 Å². The molecular weight excluding hydrogens is 252 g/mol. The molecule has 84 valence electrons. The van der Waals surface area contributed by atoms with Gasteiger partial charge in [0.1, 0.15) is 0 Å². The van der Waals surface area contributed by atoms with Gasteiger partial charge in [0.05, 0.1) is 15.6 Å². The second-order valence-electron chi connectivity index (χ2n) is 3.01. The van der Waals surface area contributed by atoms with E-state index < -0.39 is 5.97 Å². The molecule has 0 aromatic carbocycles. The maximum Gasteiger partial charge on any atom is 0.303 e. The molecule has 0 bridgehead atoms. The van der Waals surface area contributed by atoms with Crippen molar-refractivity contribution < 1.29 is 14.4 Å². The average molecular weight is 259 g/mol. The van der Waals surface area contributed by atoms with Gasteiger partial charge in [-0.25, -0.2) is 0 Å². The molecule has 0 spiro atoms. The third-order valence-corrected chi connectivity index (χ3v) is 3.03. The molecular formula is C9H7ClN2O3S. The van der Waals surface area contributed by atoms with Crippen LogP contribution in [0.1, 0.15) is 12.2 Å². The molecule has 7 heteroatoms. The minimum Gasteiger partial charge on any atom is -0.481 e. The summed E-state index contributed by atoms with van der Waals surface area (Å²) >= 11 is 7.10.